The lowest BCUT2D eigenvalue weighted by Crippen LogP contribution is -2.49. The highest BCUT2D eigenvalue weighted by Gasteiger charge is 2.31. The molecule has 8 aromatic heterocycles. The first-order valence-electron chi connectivity index (χ1n) is 46.8. The minimum absolute atomic E-state index is 0.0460. The third kappa shape index (κ3) is 22.8. The molecule has 16 aromatic rings. The van der Waals surface area contributed by atoms with Crippen LogP contribution < -0.4 is 19.6 Å². The summed E-state index contributed by atoms with van der Waals surface area (Å²) in [6.45, 7) is 21.4. The number of aromatic amines is 4. The van der Waals surface area contributed by atoms with Gasteiger partial charge in [-0.15, -0.1) is 0 Å². The SMILES string of the molecule is Cc1ccc(-c2cc3c(N4CCN(C(=O)C[C@@H](C)c5ccc(Cl)cc5)CC4)ncnc3[nH]2)cc1.Cc1ccc(CCC(=O)N2CCN(c3ncnc4[nH]cc(C(=O)c5ccccc5C)c34)CC2)cc1.Cc1ccc(CCCC(=O)N2CCN(c3ncnc4[nH]c(-c5ccc(F)cc5)cc34)CC2)cc1.O=C(CCCc1ccccc1)N1CCN(c2ncnc3[nH]c(-c4ccc(F)cc4)cc23)CC1. The highest BCUT2D eigenvalue weighted by atomic mass is 35.5. The standard InChI is InChI=1S/C28H29N5O2.C27H28ClN5O.C27H28FN5O.C26H26FN5O/c1-19-7-9-21(10-8-19)11-12-24(34)32-13-15-33(16-14-32)28-25-23(17-29-27(25)30-18-31-28)26(35)22-6-4-3-5-20(22)2;1-18-3-5-21(6-4-18)24-16-23-26(31-24)29-17-30-27(23)33-13-11-32(12-14-33)25(34)15-19(2)20-7-9-22(28)10-8-20;1-19-5-7-20(8-6-19)3-2-4-25(34)32-13-15-33(16-14-32)27-23-17-24(31-26(23)29-18-30-27)21-9-11-22(28)12-10-21;27-21-11-9-20(10-12-21)23-17-22-25(30-23)28-18-29-26(22)32-15-13-31(14-16-32)24(33)8-4-7-19-5-2-1-3-6-19/h3-10,17-18H,11-16H2,1-2H3,(H,29,30,31);3-10,16-17,19H,11-15H2,1-2H3,(H,29,30,31);5-12,17-18H,2-4,13-16H2,1H3,(H,29,30,31);1-3,5-6,9-12,17-18H,4,7-8,13-16H2,(H,28,29,30)/t;19-;;/m.1../s1. The van der Waals surface area contributed by atoms with Crippen molar-refractivity contribution >= 4 is 108 Å². The Hall–Kier alpha value is -14.9. The Morgan fingerprint density at radius 3 is 1.14 bits per heavy atom. The van der Waals surface area contributed by atoms with Gasteiger partial charge in [0.05, 0.1) is 27.1 Å². The Morgan fingerprint density at radius 2 is 0.713 bits per heavy atom. The van der Waals surface area contributed by atoms with E-state index in [4.69, 9.17) is 11.6 Å². The molecule has 25 nitrogen and oxygen atoms in total. The Balaban J connectivity index is 0.000000126. The van der Waals surface area contributed by atoms with Gasteiger partial charge in [0, 0.05) is 164 Å². The van der Waals surface area contributed by atoms with E-state index in [2.05, 4.69) is 198 Å². The Morgan fingerprint density at radius 1 is 0.360 bits per heavy atom. The van der Waals surface area contributed by atoms with Crippen LogP contribution in [0.1, 0.15) is 112 Å². The number of anilines is 4. The van der Waals surface area contributed by atoms with Crippen molar-refractivity contribution in [3.05, 3.63) is 322 Å². The predicted molar refractivity (Wildman–Crippen MR) is 534 cm³/mol. The second-order valence-corrected chi connectivity index (χ2v) is 35.8. The quantitative estimate of drug-likeness (QED) is 0.0433. The van der Waals surface area contributed by atoms with E-state index in [-0.39, 0.29) is 47.0 Å². The van der Waals surface area contributed by atoms with Crippen molar-refractivity contribution in [3.63, 3.8) is 0 Å². The third-order valence-electron chi connectivity index (χ3n) is 26.0. The van der Waals surface area contributed by atoms with E-state index in [0.29, 0.717) is 113 Å². The number of amides is 4. The van der Waals surface area contributed by atoms with Crippen LogP contribution in [0.4, 0.5) is 32.1 Å². The average molecular weight is 1840 g/mol. The minimum atomic E-state index is -0.261. The predicted octanol–water partition coefficient (Wildman–Crippen LogP) is 18.7. The van der Waals surface area contributed by atoms with Crippen molar-refractivity contribution in [1.29, 1.82) is 0 Å². The smallest absolute Gasteiger partial charge is 0.223 e. The fourth-order valence-electron chi connectivity index (χ4n) is 18.1. The Kier molecular flexibility index (Phi) is 29.7. The number of carbonyl (C=O) groups is 5. The number of H-pyrrole nitrogens is 4. The zero-order valence-electron chi connectivity index (χ0n) is 77.3. The molecule has 0 spiro atoms. The van der Waals surface area contributed by atoms with Crippen molar-refractivity contribution in [2.75, 3.05) is 124 Å². The number of aromatic nitrogens is 12. The number of hydrogen-bond acceptors (Lipinski definition) is 17. The largest absolute Gasteiger partial charge is 0.352 e. The number of halogens is 3. The number of fused-ring (bicyclic) bond motifs is 4. The van der Waals surface area contributed by atoms with E-state index in [1.807, 2.05) is 105 Å². The Bertz CT molecular complexity index is 6800. The molecule has 0 radical (unpaired) electrons. The molecule has 1 atom stereocenters. The molecule has 4 aliphatic heterocycles. The van der Waals surface area contributed by atoms with Gasteiger partial charge in [0.1, 0.15) is 82.8 Å². The van der Waals surface area contributed by atoms with Crippen molar-refractivity contribution < 1.29 is 32.8 Å². The summed E-state index contributed by atoms with van der Waals surface area (Å²) in [5.74, 6) is 3.78. The summed E-state index contributed by atoms with van der Waals surface area (Å²) in [5, 5.41) is 4.32. The molecule has 4 aliphatic rings. The van der Waals surface area contributed by atoms with Crippen molar-refractivity contribution in [2.24, 2.45) is 0 Å². The van der Waals surface area contributed by atoms with E-state index in [1.165, 1.54) is 64.0 Å². The number of hydrogen-bond donors (Lipinski definition) is 4. The van der Waals surface area contributed by atoms with Crippen LogP contribution in [0, 0.1) is 39.3 Å². The fraction of sp³-hybridized carbons (Fsp3) is 0.287. The molecule has 4 N–H and O–H groups in total. The molecule has 0 bridgehead atoms. The second-order valence-electron chi connectivity index (χ2n) is 35.4. The summed E-state index contributed by atoms with van der Waals surface area (Å²) in [6, 6.07) is 69.9. The monoisotopic (exact) mass is 1840 g/mol. The van der Waals surface area contributed by atoms with Crippen LogP contribution in [-0.4, -0.2) is 214 Å². The lowest BCUT2D eigenvalue weighted by molar-refractivity contribution is -0.132. The zero-order valence-corrected chi connectivity index (χ0v) is 78.0. The van der Waals surface area contributed by atoms with E-state index in [0.717, 1.165) is 178 Å². The van der Waals surface area contributed by atoms with E-state index in [9.17, 15) is 32.8 Å². The van der Waals surface area contributed by atoms with Crippen LogP contribution in [0.5, 0.6) is 0 Å². The highest BCUT2D eigenvalue weighted by Crippen LogP contribution is 2.36. The molecule has 0 saturated carbocycles. The van der Waals surface area contributed by atoms with Gasteiger partial charge in [-0.25, -0.2) is 48.7 Å². The van der Waals surface area contributed by atoms with Crippen LogP contribution in [0.3, 0.4) is 0 Å². The number of benzene rings is 8. The van der Waals surface area contributed by atoms with Crippen molar-refractivity contribution in [1.82, 2.24) is 79.4 Å². The van der Waals surface area contributed by atoms with Gasteiger partial charge >= 0.3 is 0 Å². The first-order chi connectivity index (χ1) is 66.2. The van der Waals surface area contributed by atoms with Gasteiger partial charge in [0.25, 0.3) is 0 Å². The maximum absolute atomic E-state index is 13.4. The van der Waals surface area contributed by atoms with Gasteiger partial charge in [-0.05, 0) is 189 Å². The van der Waals surface area contributed by atoms with E-state index >= 15 is 0 Å². The molecular formula is C108H111ClF2N20O5. The van der Waals surface area contributed by atoms with Gasteiger partial charge in [0.15, 0.2) is 5.78 Å². The molecule has 4 amide bonds. The van der Waals surface area contributed by atoms with Crippen molar-refractivity contribution in [2.45, 2.75) is 98.3 Å². The molecule has 12 heterocycles. The summed E-state index contributed by atoms with van der Waals surface area (Å²) in [4.78, 5) is 130. The molecule has 0 aliphatic carbocycles. The maximum atomic E-state index is 13.4. The zero-order chi connectivity index (χ0) is 94.1. The molecule has 4 saturated heterocycles. The fourth-order valence-corrected chi connectivity index (χ4v) is 18.2. The van der Waals surface area contributed by atoms with E-state index in [1.54, 1.807) is 49.4 Å². The molecule has 136 heavy (non-hydrogen) atoms. The number of piperazine rings is 4. The van der Waals surface area contributed by atoms with Crippen LogP contribution in [0.2, 0.25) is 5.02 Å². The summed E-state index contributed by atoms with van der Waals surface area (Å²) >= 11 is 5.99. The van der Waals surface area contributed by atoms with Gasteiger partial charge in [-0.1, -0.05) is 175 Å². The molecule has 694 valence electrons. The van der Waals surface area contributed by atoms with Gasteiger partial charge in [-0.3, -0.25) is 24.0 Å². The molecular weight excluding hydrogens is 1730 g/mol. The van der Waals surface area contributed by atoms with Gasteiger partial charge < -0.3 is 59.1 Å². The summed E-state index contributed by atoms with van der Waals surface area (Å²) in [7, 11) is 0. The number of aryl methyl sites for hydroxylation is 7. The number of nitrogens with zero attached hydrogens (tertiary/aromatic N) is 16. The van der Waals surface area contributed by atoms with Crippen molar-refractivity contribution in [3.8, 4) is 33.8 Å². The van der Waals surface area contributed by atoms with Crippen LogP contribution in [-0.2, 0) is 38.4 Å². The summed E-state index contributed by atoms with van der Waals surface area (Å²) in [5.41, 5.74) is 19.4. The van der Waals surface area contributed by atoms with Gasteiger partial charge in [0.2, 0.25) is 23.6 Å². The van der Waals surface area contributed by atoms with Crippen LogP contribution in [0.25, 0.3) is 77.9 Å². The van der Waals surface area contributed by atoms with Gasteiger partial charge in [-0.2, -0.15) is 0 Å². The third-order valence-corrected chi connectivity index (χ3v) is 26.3. The molecule has 20 rings (SSSR count). The maximum Gasteiger partial charge on any atom is 0.223 e. The summed E-state index contributed by atoms with van der Waals surface area (Å²) < 4.78 is 26.6. The molecule has 0 unspecified atom stereocenters. The number of rotatable bonds is 23. The summed E-state index contributed by atoms with van der Waals surface area (Å²) in [6.07, 6.45) is 14.5. The first-order valence-corrected chi connectivity index (χ1v) is 47.1. The highest BCUT2D eigenvalue weighted by molar-refractivity contribution is 6.30. The molecule has 28 heteroatoms. The Labute approximate surface area is 794 Å². The lowest BCUT2D eigenvalue weighted by atomic mass is 9.97. The van der Waals surface area contributed by atoms with Crippen LogP contribution >= 0.6 is 11.6 Å². The van der Waals surface area contributed by atoms with E-state index < -0.39 is 0 Å². The lowest BCUT2D eigenvalue weighted by Gasteiger charge is -2.36. The molecule has 8 aromatic carbocycles. The minimum Gasteiger partial charge on any atom is -0.352 e. The molecule has 4 fully saturated rings. The topological polar surface area (TPSA) is 278 Å². The van der Waals surface area contributed by atoms with Crippen LogP contribution in [0.15, 0.2) is 250 Å². The number of carbonyl (C=O) groups excluding carboxylic acids is 5. The normalized spacial score (nSPS) is 14.3. The number of ketones is 1. The number of nitrogens with one attached hydrogen (secondary N) is 4. The first kappa shape index (κ1) is 93.0. The average Bonchev–Trinajstić information content (AvgIpc) is 1.89. The second kappa shape index (κ2) is 43.4.